The molecule has 2 atom stereocenters. The summed E-state index contributed by atoms with van der Waals surface area (Å²) in [7, 11) is 0. The highest BCUT2D eigenvalue weighted by molar-refractivity contribution is 5.48. The van der Waals surface area contributed by atoms with Crippen LogP contribution in [0.3, 0.4) is 0 Å². The molecule has 1 N–H and O–H groups in total. The van der Waals surface area contributed by atoms with Crippen molar-refractivity contribution in [3.8, 4) is 0 Å². The number of aromatic nitrogens is 4. The lowest BCUT2D eigenvalue weighted by molar-refractivity contribution is 0.340. The molecule has 0 radical (unpaired) electrons. The Morgan fingerprint density at radius 2 is 2.32 bits per heavy atom. The SMILES string of the molecule is Cc1cc(N2C[C@@H]3CCCN[C@@H]3C2)n2ncnc2n1. The maximum Gasteiger partial charge on any atom is 0.254 e. The fourth-order valence-corrected chi connectivity index (χ4v) is 3.37. The number of hydrogen-bond acceptors (Lipinski definition) is 5. The normalized spacial score (nSPS) is 26.9. The number of rotatable bonds is 1. The van der Waals surface area contributed by atoms with E-state index in [-0.39, 0.29) is 0 Å². The molecule has 2 aromatic rings. The van der Waals surface area contributed by atoms with Crippen LogP contribution in [0.2, 0.25) is 0 Å². The number of fused-ring (bicyclic) bond motifs is 2. The molecule has 100 valence electrons. The van der Waals surface area contributed by atoms with Gasteiger partial charge in [0, 0.05) is 30.9 Å². The summed E-state index contributed by atoms with van der Waals surface area (Å²) < 4.78 is 1.85. The van der Waals surface area contributed by atoms with Crippen LogP contribution in [0.15, 0.2) is 12.4 Å². The Morgan fingerprint density at radius 1 is 1.37 bits per heavy atom. The molecule has 6 nitrogen and oxygen atoms in total. The summed E-state index contributed by atoms with van der Waals surface area (Å²) in [5.74, 6) is 2.58. The number of anilines is 1. The summed E-state index contributed by atoms with van der Waals surface area (Å²) in [5, 5.41) is 7.94. The fraction of sp³-hybridized carbons (Fsp3) is 0.615. The fourth-order valence-electron chi connectivity index (χ4n) is 3.37. The molecule has 19 heavy (non-hydrogen) atoms. The minimum absolute atomic E-state index is 0.626. The topological polar surface area (TPSA) is 58.4 Å². The Hall–Kier alpha value is -1.69. The molecule has 4 heterocycles. The number of nitrogens with zero attached hydrogens (tertiary/aromatic N) is 5. The lowest BCUT2D eigenvalue weighted by Gasteiger charge is -2.24. The van der Waals surface area contributed by atoms with Gasteiger partial charge in [-0.25, -0.2) is 4.98 Å². The Kier molecular flexibility index (Phi) is 2.44. The van der Waals surface area contributed by atoms with E-state index in [0.717, 1.165) is 37.1 Å². The summed E-state index contributed by atoms with van der Waals surface area (Å²) in [5.41, 5.74) is 0.998. The van der Waals surface area contributed by atoms with Crippen LogP contribution in [0.4, 0.5) is 5.82 Å². The molecule has 2 fully saturated rings. The largest absolute Gasteiger partial charge is 0.354 e. The third kappa shape index (κ3) is 1.78. The quantitative estimate of drug-likeness (QED) is 0.812. The Morgan fingerprint density at radius 3 is 3.21 bits per heavy atom. The third-order valence-electron chi connectivity index (χ3n) is 4.28. The van der Waals surface area contributed by atoms with Crippen molar-refractivity contribution in [1.82, 2.24) is 24.9 Å². The van der Waals surface area contributed by atoms with Gasteiger partial charge in [0.15, 0.2) is 0 Å². The highest BCUT2D eigenvalue weighted by Gasteiger charge is 2.35. The molecule has 6 heteroatoms. The van der Waals surface area contributed by atoms with E-state index in [1.807, 2.05) is 11.4 Å². The lowest BCUT2D eigenvalue weighted by atomic mass is 9.94. The smallest absolute Gasteiger partial charge is 0.254 e. The van der Waals surface area contributed by atoms with Crippen LogP contribution in [-0.2, 0) is 0 Å². The van der Waals surface area contributed by atoms with Crippen LogP contribution in [0, 0.1) is 12.8 Å². The maximum absolute atomic E-state index is 4.41. The highest BCUT2D eigenvalue weighted by Crippen LogP contribution is 2.29. The van der Waals surface area contributed by atoms with Crippen LogP contribution >= 0.6 is 0 Å². The van der Waals surface area contributed by atoms with E-state index < -0.39 is 0 Å². The van der Waals surface area contributed by atoms with Crippen LogP contribution in [0.25, 0.3) is 5.78 Å². The lowest BCUT2D eigenvalue weighted by Crippen LogP contribution is -2.40. The molecular weight excluding hydrogens is 240 g/mol. The molecule has 0 aliphatic carbocycles. The minimum atomic E-state index is 0.626. The Balaban J connectivity index is 1.72. The van der Waals surface area contributed by atoms with E-state index >= 15 is 0 Å². The van der Waals surface area contributed by atoms with Gasteiger partial charge in [-0.2, -0.15) is 14.6 Å². The van der Waals surface area contributed by atoms with Gasteiger partial charge in [0.2, 0.25) is 0 Å². The van der Waals surface area contributed by atoms with Crippen molar-refractivity contribution < 1.29 is 0 Å². The van der Waals surface area contributed by atoms with Crippen molar-refractivity contribution in [2.24, 2.45) is 5.92 Å². The molecule has 2 aliphatic rings. The molecule has 2 aliphatic heterocycles. The first-order valence-electron chi connectivity index (χ1n) is 6.97. The predicted octanol–water partition coefficient (Wildman–Crippen LogP) is 0.621. The van der Waals surface area contributed by atoms with E-state index in [2.05, 4.69) is 31.3 Å². The van der Waals surface area contributed by atoms with Crippen molar-refractivity contribution in [3.63, 3.8) is 0 Å². The number of nitrogens with one attached hydrogen (secondary N) is 1. The van der Waals surface area contributed by atoms with Gasteiger partial charge in [-0.15, -0.1) is 0 Å². The second-order valence-corrected chi connectivity index (χ2v) is 5.60. The van der Waals surface area contributed by atoms with Gasteiger partial charge in [0.05, 0.1) is 0 Å². The molecule has 0 unspecified atom stereocenters. The van der Waals surface area contributed by atoms with Crippen molar-refractivity contribution in [3.05, 3.63) is 18.1 Å². The monoisotopic (exact) mass is 258 g/mol. The van der Waals surface area contributed by atoms with Gasteiger partial charge < -0.3 is 10.2 Å². The molecule has 4 rings (SSSR count). The molecular formula is C13H18N6. The summed E-state index contributed by atoms with van der Waals surface area (Å²) >= 11 is 0. The summed E-state index contributed by atoms with van der Waals surface area (Å²) in [6.07, 6.45) is 4.20. The average molecular weight is 258 g/mol. The Bertz CT molecular complexity index is 592. The average Bonchev–Trinajstić information content (AvgIpc) is 3.03. The molecule has 0 spiro atoms. The Labute approximate surface area is 111 Å². The number of piperidine rings is 1. The summed E-state index contributed by atoms with van der Waals surface area (Å²) in [6.45, 7) is 5.34. The first-order valence-corrected chi connectivity index (χ1v) is 6.97. The first kappa shape index (κ1) is 11.2. The maximum atomic E-state index is 4.41. The molecule has 2 saturated heterocycles. The van der Waals surface area contributed by atoms with Crippen molar-refractivity contribution in [2.45, 2.75) is 25.8 Å². The third-order valence-corrected chi connectivity index (χ3v) is 4.28. The molecule has 0 bridgehead atoms. The van der Waals surface area contributed by atoms with Crippen LogP contribution < -0.4 is 10.2 Å². The van der Waals surface area contributed by atoms with Gasteiger partial charge in [-0.05, 0) is 32.2 Å². The molecule has 2 aromatic heterocycles. The summed E-state index contributed by atoms with van der Waals surface area (Å²) in [6, 6.07) is 2.74. The van der Waals surface area contributed by atoms with Crippen molar-refractivity contribution in [2.75, 3.05) is 24.5 Å². The second kappa shape index (κ2) is 4.16. The van der Waals surface area contributed by atoms with Crippen LogP contribution in [0.5, 0.6) is 0 Å². The standard InChI is InChI=1S/C13H18N6/c1-9-5-12(19-13(17-9)15-8-16-19)18-6-10-3-2-4-14-11(10)7-18/h5,8,10-11,14H,2-4,6-7H2,1H3/t10-,11+/m0/s1. The zero-order chi connectivity index (χ0) is 12.8. The van der Waals surface area contributed by atoms with Gasteiger partial charge in [0.1, 0.15) is 12.1 Å². The number of aryl methyl sites for hydroxylation is 1. The van der Waals surface area contributed by atoms with Crippen molar-refractivity contribution in [1.29, 1.82) is 0 Å². The highest BCUT2D eigenvalue weighted by atomic mass is 15.4. The van der Waals surface area contributed by atoms with Gasteiger partial charge in [-0.1, -0.05) is 0 Å². The van der Waals surface area contributed by atoms with Gasteiger partial charge >= 0.3 is 0 Å². The zero-order valence-electron chi connectivity index (χ0n) is 11.1. The van der Waals surface area contributed by atoms with E-state index in [4.69, 9.17) is 0 Å². The van der Waals surface area contributed by atoms with E-state index in [1.165, 1.54) is 12.8 Å². The first-order chi connectivity index (χ1) is 9.31. The van der Waals surface area contributed by atoms with Crippen molar-refractivity contribution >= 4 is 11.6 Å². The minimum Gasteiger partial charge on any atom is -0.354 e. The summed E-state index contributed by atoms with van der Waals surface area (Å²) in [4.78, 5) is 11.0. The van der Waals surface area contributed by atoms with Crippen LogP contribution in [-0.4, -0.2) is 45.3 Å². The zero-order valence-corrected chi connectivity index (χ0v) is 11.1. The van der Waals surface area contributed by atoms with E-state index in [9.17, 15) is 0 Å². The predicted molar refractivity (Wildman–Crippen MR) is 72.2 cm³/mol. The van der Waals surface area contributed by atoms with Gasteiger partial charge in [0.25, 0.3) is 5.78 Å². The van der Waals surface area contributed by atoms with E-state index in [1.54, 1.807) is 6.33 Å². The van der Waals surface area contributed by atoms with Crippen LogP contribution in [0.1, 0.15) is 18.5 Å². The molecule has 0 aromatic carbocycles. The molecule has 0 amide bonds. The van der Waals surface area contributed by atoms with Gasteiger partial charge in [-0.3, -0.25) is 0 Å². The molecule has 0 saturated carbocycles. The van der Waals surface area contributed by atoms with E-state index in [0.29, 0.717) is 11.8 Å². The number of hydrogen-bond donors (Lipinski definition) is 1. The second-order valence-electron chi connectivity index (χ2n) is 5.60.